The van der Waals surface area contributed by atoms with Gasteiger partial charge in [-0.3, -0.25) is 4.79 Å². The summed E-state index contributed by atoms with van der Waals surface area (Å²) in [5, 5.41) is 1.96. The van der Waals surface area contributed by atoms with Gasteiger partial charge in [0.1, 0.15) is 0 Å². The van der Waals surface area contributed by atoms with Crippen molar-refractivity contribution in [1.82, 2.24) is 9.88 Å². The fraction of sp³-hybridized carbons (Fsp3) is 0.450. The Kier molecular flexibility index (Phi) is 7.54. The summed E-state index contributed by atoms with van der Waals surface area (Å²) in [6.45, 7) is 3.68. The molecule has 2 aromatic rings. The van der Waals surface area contributed by atoms with Crippen LogP contribution in [0.1, 0.15) is 36.3 Å². The van der Waals surface area contributed by atoms with Crippen LogP contribution < -0.4 is 0 Å². The van der Waals surface area contributed by atoms with E-state index in [0.29, 0.717) is 24.3 Å². The number of hydrogen-bond acceptors (Lipinski definition) is 8. The van der Waals surface area contributed by atoms with Crippen LogP contribution in [-0.4, -0.2) is 60.4 Å². The molecule has 7 nitrogen and oxygen atoms in total. The number of sulfone groups is 1. The maximum atomic E-state index is 12.8. The summed E-state index contributed by atoms with van der Waals surface area (Å²) in [5.41, 5.74) is 3.09. The molecular weight excluding hydrogens is 444 g/mol. The van der Waals surface area contributed by atoms with E-state index in [2.05, 4.69) is 4.98 Å². The summed E-state index contributed by atoms with van der Waals surface area (Å²) < 4.78 is 29.0. The average Bonchev–Trinajstić information content (AvgIpc) is 3.36. The van der Waals surface area contributed by atoms with Crippen LogP contribution in [0.4, 0.5) is 0 Å². The van der Waals surface area contributed by atoms with Crippen LogP contribution in [0.15, 0.2) is 40.1 Å². The number of amides is 1. The number of ether oxygens (including phenoxy) is 1. The molecule has 0 spiro atoms. The van der Waals surface area contributed by atoms with Crippen LogP contribution in [0.3, 0.4) is 0 Å². The van der Waals surface area contributed by atoms with E-state index in [9.17, 15) is 18.0 Å². The molecule has 1 amide bonds. The van der Waals surface area contributed by atoms with Crippen molar-refractivity contribution in [3.63, 3.8) is 0 Å². The highest BCUT2D eigenvalue weighted by Crippen LogP contribution is 2.27. The van der Waals surface area contributed by atoms with E-state index < -0.39 is 21.9 Å². The second-order valence-corrected chi connectivity index (χ2v) is 11.0. The van der Waals surface area contributed by atoms with Crippen LogP contribution in [0.5, 0.6) is 0 Å². The Hall–Kier alpha value is -1.91. The Morgan fingerprint density at radius 1 is 1.37 bits per heavy atom. The summed E-state index contributed by atoms with van der Waals surface area (Å²) in [6, 6.07) is 6.73. The van der Waals surface area contributed by atoms with Gasteiger partial charge in [-0.2, -0.15) is 0 Å². The van der Waals surface area contributed by atoms with E-state index in [4.69, 9.17) is 4.74 Å². The fourth-order valence-corrected chi connectivity index (χ4v) is 6.68. The standard InChI is InChI=1S/C20H24N2O5S3/c1-3-22(16-8-9-30(25,26)12-16)19(23)14(2)27-20(24)17-6-4-5-7-18(17)29-11-15-10-28-13-21-15/h4-7,10,13-14,16H,3,8-9,11-12H2,1-2H3/t14-,16+/m0/s1. The van der Waals surface area contributed by atoms with E-state index in [0.717, 1.165) is 10.6 Å². The number of rotatable bonds is 8. The first-order chi connectivity index (χ1) is 14.3. The number of benzene rings is 1. The molecule has 3 rings (SSSR count). The number of thioether (sulfide) groups is 1. The highest BCUT2D eigenvalue weighted by molar-refractivity contribution is 7.98. The SMILES string of the molecule is CCN(C(=O)[C@H](C)OC(=O)c1ccccc1SCc1cscn1)[C@@H]1CCS(=O)(=O)C1. The lowest BCUT2D eigenvalue weighted by atomic mass is 10.2. The van der Waals surface area contributed by atoms with Crippen LogP contribution in [0.2, 0.25) is 0 Å². The molecule has 2 heterocycles. The lowest BCUT2D eigenvalue weighted by Crippen LogP contribution is -2.46. The molecule has 1 aliphatic heterocycles. The minimum atomic E-state index is -3.12. The van der Waals surface area contributed by atoms with Gasteiger partial charge in [0, 0.05) is 28.6 Å². The molecular formula is C20H24N2O5S3. The van der Waals surface area contributed by atoms with Crippen molar-refractivity contribution < 1.29 is 22.7 Å². The van der Waals surface area contributed by atoms with Crippen molar-refractivity contribution in [2.75, 3.05) is 18.1 Å². The molecule has 1 fully saturated rings. The van der Waals surface area contributed by atoms with E-state index in [-0.39, 0.29) is 23.5 Å². The Balaban J connectivity index is 1.65. The first-order valence-corrected chi connectivity index (χ1v) is 13.4. The van der Waals surface area contributed by atoms with Crippen molar-refractivity contribution >= 4 is 44.8 Å². The highest BCUT2D eigenvalue weighted by Gasteiger charge is 2.36. The topological polar surface area (TPSA) is 93.6 Å². The molecule has 1 aromatic carbocycles. The predicted molar refractivity (Wildman–Crippen MR) is 117 cm³/mol. The zero-order valence-corrected chi connectivity index (χ0v) is 19.3. The molecule has 0 aliphatic carbocycles. The van der Waals surface area contributed by atoms with Crippen molar-refractivity contribution in [2.24, 2.45) is 0 Å². The number of nitrogens with zero attached hydrogens (tertiary/aromatic N) is 2. The van der Waals surface area contributed by atoms with Crippen molar-refractivity contribution in [1.29, 1.82) is 0 Å². The van der Waals surface area contributed by atoms with Gasteiger partial charge in [-0.15, -0.1) is 23.1 Å². The summed E-state index contributed by atoms with van der Waals surface area (Å²) in [4.78, 5) is 32.1. The number of likely N-dealkylation sites (N-methyl/N-ethyl adjacent to an activating group) is 1. The largest absolute Gasteiger partial charge is 0.449 e. The molecule has 10 heteroatoms. The summed E-state index contributed by atoms with van der Waals surface area (Å²) in [5.74, 6) is -0.280. The lowest BCUT2D eigenvalue weighted by Gasteiger charge is -2.29. The number of carbonyl (C=O) groups is 2. The number of carbonyl (C=O) groups excluding carboxylic acids is 2. The summed E-state index contributed by atoms with van der Waals surface area (Å²) in [7, 11) is -3.12. The van der Waals surface area contributed by atoms with Gasteiger partial charge in [-0.05, 0) is 32.4 Å². The van der Waals surface area contributed by atoms with Gasteiger partial charge in [-0.25, -0.2) is 18.2 Å². The van der Waals surface area contributed by atoms with Gasteiger partial charge < -0.3 is 9.64 Å². The highest BCUT2D eigenvalue weighted by atomic mass is 32.2. The maximum Gasteiger partial charge on any atom is 0.340 e. The molecule has 0 bridgehead atoms. The van der Waals surface area contributed by atoms with Gasteiger partial charge in [0.05, 0.1) is 28.3 Å². The molecule has 0 saturated carbocycles. The minimum absolute atomic E-state index is 0.0384. The quantitative estimate of drug-likeness (QED) is 0.434. The zero-order chi connectivity index (χ0) is 21.7. The Morgan fingerprint density at radius 3 is 2.77 bits per heavy atom. The predicted octanol–water partition coefficient (Wildman–Crippen LogP) is 3.02. The lowest BCUT2D eigenvalue weighted by molar-refractivity contribution is -0.141. The van der Waals surface area contributed by atoms with E-state index in [1.54, 1.807) is 24.6 Å². The van der Waals surface area contributed by atoms with Crippen LogP contribution in [0.25, 0.3) is 0 Å². The molecule has 1 aromatic heterocycles. The number of thiazole rings is 1. The number of aromatic nitrogens is 1. The number of hydrogen-bond donors (Lipinski definition) is 0. The smallest absolute Gasteiger partial charge is 0.340 e. The molecule has 0 unspecified atom stereocenters. The van der Waals surface area contributed by atoms with Crippen molar-refractivity contribution in [2.45, 2.75) is 43.1 Å². The van der Waals surface area contributed by atoms with Crippen LogP contribution >= 0.6 is 23.1 Å². The van der Waals surface area contributed by atoms with Crippen LogP contribution in [0, 0.1) is 0 Å². The normalized spacial score (nSPS) is 18.7. The second kappa shape index (κ2) is 9.93. The molecule has 1 aliphatic rings. The van der Waals surface area contributed by atoms with Gasteiger partial charge >= 0.3 is 5.97 Å². The Bertz CT molecular complexity index is 992. The van der Waals surface area contributed by atoms with E-state index >= 15 is 0 Å². The fourth-order valence-electron chi connectivity index (χ4n) is 3.34. The molecule has 30 heavy (non-hydrogen) atoms. The third-order valence-electron chi connectivity index (χ3n) is 4.87. The average molecular weight is 469 g/mol. The van der Waals surface area contributed by atoms with E-state index in [1.165, 1.54) is 34.9 Å². The second-order valence-electron chi connectivity index (χ2n) is 6.99. The third kappa shape index (κ3) is 5.61. The molecule has 0 N–H and O–H groups in total. The van der Waals surface area contributed by atoms with E-state index in [1.807, 2.05) is 17.5 Å². The third-order valence-corrected chi connectivity index (χ3v) is 8.36. The zero-order valence-electron chi connectivity index (χ0n) is 16.8. The molecule has 1 saturated heterocycles. The molecule has 2 atom stereocenters. The molecule has 162 valence electrons. The Morgan fingerprint density at radius 2 is 2.13 bits per heavy atom. The first kappa shape index (κ1) is 22.8. The summed E-state index contributed by atoms with van der Waals surface area (Å²) in [6.07, 6.45) is -0.587. The monoisotopic (exact) mass is 468 g/mol. The van der Waals surface area contributed by atoms with Gasteiger partial charge in [0.25, 0.3) is 5.91 Å². The van der Waals surface area contributed by atoms with Crippen molar-refractivity contribution in [3.8, 4) is 0 Å². The molecule has 0 radical (unpaired) electrons. The minimum Gasteiger partial charge on any atom is -0.449 e. The first-order valence-electron chi connectivity index (χ1n) is 9.61. The maximum absolute atomic E-state index is 12.8. The number of esters is 1. The van der Waals surface area contributed by atoms with Crippen LogP contribution in [-0.2, 0) is 25.1 Å². The van der Waals surface area contributed by atoms with Crippen molar-refractivity contribution in [3.05, 3.63) is 46.4 Å². The van der Waals surface area contributed by atoms with Gasteiger partial charge in [-0.1, -0.05) is 12.1 Å². The van der Waals surface area contributed by atoms with Gasteiger partial charge in [0.2, 0.25) is 0 Å². The summed E-state index contributed by atoms with van der Waals surface area (Å²) >= 11 is 3.00. The Labute approximate surface area is 184 Å². The van der Waals surface area contributed by atoms with Gasteiger partial charge in [0.15, 0.2) is 15.9 Å².